The summed E-state index contributed by atoms with van der Waals surface area (Å²) in [6.45, 7) is 11.2. The van der Waals surface area contributed by atoms with Crippen LogP contribution in [0.2, 0.25) is 0 Å². The molecule has 0 spiro atoms. The third kappa shape index (κ3) is 4.02. The third-order valence-electron chi connectivity index (χ3n) is 3.83. The van der Waals surface area contributed by atoms with Crippen molar-refractivity contribution in [3.63, 3.8) is 0 Å². The highest BCUT2D eigenvalue weighted by Gasteiger charge is 2.26. The smallest absolute Gasteiger partial charge is 0.0360 e. The van der Waals surface area contributed by atoms with E-state index in [9.17, 15) is 0 Å². The molecule has 1 fully saturated rings. The lowest BCUT2D eigenvalue weighted by atomic mass is 9.71. The first-order valence-electron chi connectivity index (χ1n) is 6.79. The van der Waals surface area contributed by atoms with Gasteiger partial charge in [0.05, 0.1) is 0 Å². The van der Waals surface area contributed by atoms with Gasteiger partial charge in [0.25, 0.3) is 0 Å². The molecular formula is C14H30. The highest BCUT2D eigenvalue weighted by molar-refractivity contribution is 4.77. The van der Waals surface area contributed by atoms with Gasteiger partial charge in [-0.25, -0.2) is 0 Å². The highest BCUT2D eigenvalue weighted by Crippen LogP contribution is 2.37. The normalized spacial score (nSPS) is 27.0. The van der Waals surface area contributed by atoms with Crippen molar-refractivity contribution in [1.29, 1.82) is 0 Å². The molecule has 0 N–H and O–H groups in total. The van der Waals surface area contributed by atoms with Crippen LogP contribution in [0.1, 0.15) is 73.1 Å². The van der Waals surface area contributed by atoms with Crippen molar-refractivity contribution in [3.05, 3.63) is 0 Å². The first-order valence-corrected chi connectivity index (χ1v) is 6.79. The molecule has 14 heavy (non-hydrogen) atoms. The maximum absolute atomic E-state index is 2.46. The molecule has 1 aliphatic rings. The zero-order valence-electron chi connectivity index (χ0n) is 11.0. The van der Waals surface area contributed by atoms with Crippen molar-refractivity contribution in [1.82, 2.24) is 0 Å². The Morgan fingerprint density at radius 3 is 1.93 bits per heavy atom. The molecule has 1 saturated carbocycles. The first-order chi connectivity index (χ1) is 6.79. The number of hydrogen-bond acceptors (Lipinski definition) is 0. The van der Waals surface area contributed by atoms with E-state index in [1.165, 1.54) is 38.5 Å². The highest BCUT2D eigenvalue weighted by atomic mass is 14.3. The molecule has 0 nitrogen and oxygen atoms in total. The molecule has 0 saturated heterocycles. The minimum Gasteiger partial charge on any atom is -0.0683 e. The van der Waals surface area contributed by atoms with Crippen molar-refractivity contribution in [2.45, 2.75) is 73.1 Å². The van der Waals surface area contributed by atoms with Gasteiger partial charge in [0.2, 0.25) is 0 Å². The largest absolute Gasteiger partial charge is 0.0683 e. The SMILES string of the molecule is CC.CCC(CC)C1CCCCC1C. The van der Waals surface area contributed by atoms with E-state index >= 15 is 0 Å². The Labute approximate surface area is 91.5 Å². The molecule has 0 aliphatic heterocycles. The Kier molecular flexibility index (Phi) is 8.32. The van der Waals surface area contributed by atoms with Crippen LogP contribution < -0.4 is 0 Å². The Bertz CT molecular complexity index is 113. The van der Waals surface area contributed by atoms with E-state index in [0.717, 1.165) is 17.8 Å². The second-order valence-corrected chi connectivity index (χ2v) is 4.50. The topological polar surface area (TPSA) is 0 Å². The summed E-state index contributed by atoms with van der Waals surface area (Å²) in [5, 5.41) is 0. The third-order valence-corrected chi connectivity index (χ3v) is 3.83. The fraction of sp³-hybridized carbons (Fsp3) is 1.00. The molecule has 0 amide bonds. The molecule has 0 heterocycles. The molecule has 0 aromatic heterocycles. The predicted molar refractivity (Wildman–Crippen MR) is 66.5 cm³/mol. The van der Waals surface area contributed by atoms with E-state index in [1.807, 2.05) is 13.8 Å². The van der Waals surface area contributed by atoms with Crippen LogP contribution >= 0.6 is 0 Å². The molecule has 0 radical (unpaired) electrons. The van der Waals surface area contributed by atoms with Gasteiger partial charge < -0.3 is 0 Å². The molecule has 0 heteroatoms. The fourth-order valence-electron chi connectivity index (χ4n) is 2.94. The summed E-state index contributed by atoms with van der Waals surface area (Å²) < 4.78 is 0. The van der Waals surface area contributed by atoms with Gasteiger partial charge in [-0.05, 0) is 24.2 Å². The van der Waals surface area contributed by atoms with E-state index in [-0.39, 0.29) is 0 Å². The Morgan fingerprint density at radius 2 is 1.50 bits per heavy atom. The van der Waals surface area contributed by atoms with Crippen molar-refractivity contribution in [2.24, 2.45) is 17.8 Å². The Balaban J connectivity index is 0.000000791. The minimum atomic E-state index is 1.00. The molecule has 2 atom stereocenters. The van der Waals surface area contributed by atoms with Gasteiger partial charge in [-0.15, -0.1) is 0 Å². The van der Waals surface area contributed by atoms with E-state index in [1.54, 1.807) is 0 Å². The molecule has 1 aliphatic carbocycles. The average molecular weight is 198 g/mol. The van der Waals surface area contributed by atoms with E-state index < -0.39 is 0 Å². The van der Waals surface area contributed by atoms with Crippen LogP contribution in [-0.2, 0) is 0 Å². The predicted octanol–water partition coefficient (Wildman–Crippen LogP) is 5.28. The lowest BCUT2D eigenvalue weighted by Crippen LogP contribution is -2.24. The van der Waals surface area contributed by atoms with Crippen LogP contribution in [0.3, 0.4) is 0 Å². The lowest BCUT2D eigenvalue weighted by Gasteiger charge is -2.34. The second kappa shape index (κ2) is 8.32. The minimum absolute atomic E-state index is 1.00. The quantitative estimate of drug-likeness (QED) is 0.579. The van der Waals surface area contributed by atoms with Gasteiger partial charge in [-0.1, -0.05) is 66.7 Å². The standard InChI is InChI=1S/C12H24.C2H6/c1-4-11(5-2)12-9-7-6-8-10(12)3;1-2/h10-12H,4-9H2,1-3H3;1-2H3. The summed E-state index contributed by atoms with van der Waals surface area (Å²) in [6, 6.07) is 0. The molecule has 0 bridgehead atoms. The van der Waals surface area contributed by atoms with Crippen LogP contribution in [0, 0.1) is 17.8 Å². The van der Waals surface area contributed by atoms with Crippen molar-refractivity contribution < 1.29 is 0 Å². The lowest BCUT2D eigenvalue weighted by molar-refractivity contribution is 0.166. The summed E-state index contributed by atoms with van der Waals surface area (Å²) in [4.78, 5) is 0. The van der Waals surface area contributed by atoms with Gasteiger partial charge in [-0.2, -0.15) is 0 Å². The molecule has 0 aromatic rings. The zero-order chi connectivity index (χ0) is 11.0. The molecule has 1 rings (SSSR count). The number of hydrogen-bond donors (Lipinski definition) is 0. The van der Waals surface area contributed by atoms with Crippen LogP contribution in [0.25, 0.3) is 0 Å². The Hall–Kier alpha value is 0. The van der Waals surface area contributed by atoms with Crippen LogP contribution in [0.15, 0.2) is 0 Å². The summed E-state index contributed by atoms with van der Waals surface area (Å²) in [7, 11) is 0. The van der Waals surface area contributed by atoms with Gasteiger partial charge >= 0.3 is 0 Å². The second-order valence-electron chi connectivity index (χ2n) is 4.50. The maximum Gasteiger partial charge on any atom is -0.0360 e. The van der Waals surface area contributed by atoms with E-state index in [0.29, 0.717) is 0 Å². The first kappa shape index (κ1) is 14.0. The van der Waals surface area contributed by atoms with Crippen molar-refractivity contribution >= 4 is 0 Å². The molecule has 2 unspecified atom stereocenters. The van der Waals surface area contributed by atoms with Crippen LogP contribution in [0.5, 0.6) is 0 Å². The van der Waals surface area contributed by atoms with Gasteiger partial charge in [0, 0.05) is 0 Å². The molecule has 0 aromatic carbocycles. The van der Waals surface area contributed by atoms with Gasteiger partial charge in [-0.3, -0.25) is 0 Å². The maximum atomic E-state index is 2.46. The number of rotatable bonds is 3. The summed E-state index contributed by atoms with van der Waals surface area (Å²) >= 11 is 0. The summed E-state index contributed by atoms with van der Waals surface area (Å²) in [5.74, 6) is 3.07. The van der Waals surface area contributed by atoms with Gasteiger partial charge in [0.1, 0.15) is 0 Å². The van der Waals surface area contributed by atoms with Crippen LogP contribution in [-0.4, -0.2) is 0 Å². The van der Waals surface area contributed by atoms with Gasteiger partial charge in [0.15, 0.2) is 0 Å². The fourth-order valence-corrected chi connectivity index (χ4v) is 2.94. The van der Waals surface area contributed by atoms with Crippen molar-refractivity contribution in [3.8, 4) is 0 Å². The summed E-state index contributed by atoms with van der Waals surface area (Å²) in [6.07, 6.45) is 8.76. The molecule has 86 valence electrons. The summed E-state index contributed by atoms with van der Waals surface area (Å²) in [5.41, 5.74) is 0. The monoisotopic (exact) mass is 198 g/mol. The average Bonchev–Trinajstić information content (AvgIpc) is 2.25. The molecular weight excluding hydrogens is 168 g/mol. The van der Waals surface area contributed by atoms with E-state index in [4.69, 9.17) is 0 Å². The Morgan fingerprint density at radius 1 is 1.00 bits per heavy atom. The van der Waals surface area contributed by atoms with Crippen LogP contribution in [0.4, 0.5) is 0 Å². The zero-order valence-corrected chi connectivity index (χ0v) is 11.0. The van der Waals surface area contributed by atoms with Crippen molar-refractivity contribution in [2.75, 3.05) is 0 Å². The van der Waals surface area contributed by atoms with E-state index in [2.05, 4.69) is 20.8 Å².